The van der Waals surface area contributed by atoms with Gasteiger partial charge in [-0.1, -0.05) is 49.4 Å². The number of Topliss-reactive ketones (excluding diaryl/α,β-unsaturated/α-hetero) is 1. The SMILES string of the molecule is CC(=O)OC1CCC2(C)C(=CCC3C4CCC(=O)C4(C)CCC32)C1.Cl.Cl.OCCN1CCN(CCCN2c3ccccc3Sc3ccc(C(F)(F)F)cc32)CC1. The Morgan fingerprint density at radius 3 is 2.25 bits per heavy atom. The van der Waals surface area contributed by atoms with E-state index in [2.05, 4.69) is 29.7 Å². The van der Waals surface area contributed by atoms with E-state index >= 15 is 0 Å². The largest absolute Gasteiger partial charge is 0.462 e. The second-order valence-electron chi connectivity index (χ2n) is 16.8. The van der Waals surface area contributed by atoms with Crippen molar-refractivity contribution in [2.45, 2.75) is 101 Å². The second kappa shape index (κ2) is 18.3. The summed E-state index contributed by atoms with van der Waals surface area (Å²) in [6.07, 6.45) is 7.35. The van der Waals surface area contributed by atoms with Crippen molar-refractivity contribution in [2.24, 2.45) is 28.6 Å². The number of aliphatic hydroxyl groups is 1. The van der Waals surface area contributed by atoms with E-state index in [0.717, 1.165) is 99.6 Å². The van der Waals surface area contributed by atoms with Gasteiger partial charge < -0.3 is 19.6 Å². The maximum atomic E-state index is 13.3. The van der Waals surface area contributed by atoms with Crippen molar-refractivity contribution in [3.05, 3.63) is 59.7 Å². The number of fused-ring (bicyclic) bond motifs is 7. The molecule has 4 fully saturated rings. The predicted octanol–water partition coefficient (Wildman–Crippen LogP) is 9.60. The number of benzene rings is 2. The Hall–Kier alpha value is -2.28. The molecule has 13 heteroatoms. The van der Waals surface area contributed by atoms with Crippen LogP contribution in [0.3, 0.4) is 0 Å². The number of esters is 1. The summed E-state index contributed by atoms with van der Waals surface area (Å²) in [5, 5.41) is 9.07. The molecule has 1 N–H and O–H groups in total. The van der Waals surface area contributed by atoms with Crippen LogP contribution >= 0.6 is 36.6 Å². The van der Waals surface area contributed by atoms with Crippen LogP contribution in [0.5, 0.6) is 0 Å². The number of carbonyl (C=O) groups is 2. The van der Waals surface area contributed by atoms with E-state index in [-0.39, 0.29) is 54.3 Å². The van der Waals surface area contributed by atoms with E-state index < -0.39 is 11.7 Å². The van der Waals surface area contributed by atoms with E-state index in [1.807, 2.05) is 29.2 Å². The van der Waals surface area contributed by atoms with Gasteiger partial charge in [0.05, 0.1) is 23.5 Å². The molecule has 0 aromatic heterocycles. The highest BCUT2D eigenvalue weighted by Crippen LogP contribution is 2.64. The summed E-state index contributed by atoms with van der Waals surface area (Å²) in [4.78, 5) is 32.4. The number of para-hydroxylation sites is 1. The fourth-order valence-electron chi connectivity index (χ4n) is 10.8. The molecule has 8 rings (SSSR count). The molecule has 56 heavy (non-hydrogen) atoms. The maximum Gasteiger partial charge on any atom is 0.416 e. The molecule has 2 aromatic carbocycles. The van der Waals surface area contributed by atoms with Crippen molar-refractivity contribution < 1.29 is 32.6 Å². The zero-order chi connectivity index (χ0) is 38.3. The van der Waals surface area contributed by atoms with Gasteiger partial charge in [-0.15, -0.1) is 24.8 Å². The monoisotopic (exact) mass is 839 g/mol. The average Bonchev–Trinajstić information content (AvgIpc) is 3.45. The van der Waals surface area contributed by atoms with Crippen LogP contribution in [0.25, 0.3) is 0 Å². The molecule has 0 amide bonds. The molecule has 2 aromatic rings. The summed E-state index contributed by atoms with van der Waals surface area (Å²) < 4.78 is 45.4. The topological polar surface area (TPSA) is 73.3 Å². The smallest absolute Gasteiger partial charge is 0.416 e. The fraction of sp³-hybridized carbons (Fsp3) is 0.628. The molecule has 6 unspecified atom stereocenters. The number of rotatable bonds is 7. The highest BCUT2D eigenvalue weighted by Gasteiger charge is 2.58. The summed E-state index contributed by atoms with van der Waals surface area (Å²) in [6, 6.07) is 11.9. The number of alkyl halides is 3. The van der Waals surface area contributed by atoms with Crippen molar-refractivity contribution in [3.63, 3.8) is 0 Å². The molecule has 0 bridgehead atoms. The minimum Gasteiger partial charge on any atom is -0.462 e. The Bertz CT molecular complexity index is 1740. The number of hydrogen-bond donors (Lipinski definition) is 1. The number of aliphatic hydroxyl groups excluding tert-OH is 1. The van der Waals surface area contributed by atoms with Crippen LogP contribution in [0, 0.1) is 28.6 Å². The van der Waals surface area contributed by atoms with E-state index in [1.54, 1.807) is 6.07 Å². The lowest BCUT2D eigenvalue weighted by Gasteiger charge is -2.56. The van der Waals surface area contributed by atoms with Crippen molar-refractivity contribution >= 4 is 59.7 Å². The van der Waals surface area contributed by atoms with Crippen molar-refractivity contribution in [1.82, 2.24) is 9.80 Å². The number of allylic oxidation sites excluding steroid dienone is 1. The van der Waals surface area contributed by atoms with Gasteiger partial charge in [0.1, 0.15) is 11.9 Å². The van der Waals surface area contributed by atoms with Gasteiger partial charge in [0, 0.05) is 74.2 Å². The van der Waals surface area contributed by atoms with Gasteiger partial charge in [0.25, 0.3) is 0 Å². The first kappa shape index (κ1) is 44.8. The fourth-order valence-corrected chi connectivity index (χ4v) is 11.9. The summed E-state index contributed by atoms with van der Waals surface area (Å²) >= 11 is 1.53. The molecule has 6 aliphatic rings. The molecule has 4 aliphatic carbocycles. The molecule has 3 saturated carbocycles. The standard InChI is InChI=1S/C22H26F3N3OS.C21H30O3.2ClH/c23-22(24,25)17-6-7-21-19(16-17)28(18-4-1-2-5-20(18)30-21)9-3-8-26-10-12-27(13-11-26)14-15-29;1-13(22)24-15-8-10-20(2)14(12-15)4-5-16-17-6-7-19(23)21(17,3)11-9-18(16)20;;/h1-2,4-7,16,29H,3,8-15H2;4,15-18H,5-12H2,1-3H3;2*1H. The summed E-state index contributed by atoms with van der Waals surface area (Å²) in [7, 11) is 0. The average molecular weight is 841 g/mol. The highest BCUT2D eigenvalue weighted by atomic mass is 35.5. The first-order valence-corrected chi connectivity index (χ1v) is 20.8. The quantitative estimate of drug-likeness (QED) is 0.219. The third kappa shape index (κ3) is 9.13. The number of ketones is 1. The van der Waals surface area contributed by atoms with Crippen molar-refractivity contribution in [1.29, 1.82) is 0 Å². The Kier molecular flexibility index (Phi) is 14.7. The molecular formula is C43H58Cl2F3N3O4S. The number of piperazine rings is 1. The predicted molar refractivity (Wildman–Crippen MR) is 220 cm³/mol. The van der Waals surface area contributed by atoms with Crippen LogP contribution in [0.15, 0.2) is 63.9 Å². The molecule has 2 heterocycles. The Morgan fingerprint density at radius 1 is 0.893 bits per heavy atom. The Labute approximate surface area is 347 Å². The van der Waals surface area contributed by atoms with Crippen LogP contribution in [-0.4, -0.2) is 85.2 Å². The zero-order valence-electron chi connectivity index (χ0n) is 32.8. The normalized spacial score (nSPS) is 29.7. The van der Waals surface area contributed by atoms with Crippen LogP contribution in [0.2, 0.25) is 0 Å². The molecule has 6 atom stereocenters. The summed E-state index contributed by atoms with van der Waals surface area (Å²) in [6.45, 7) is 12.5. The van der Waals surface area contributed by atoms with Gasteiger partial charge in [-0.3, -0.25) is 14.5 Å². The van der Waals surface area contributed by atoms with Crippen LogP contribution in [0.4, 0.5) is 24.5 Å². The van der Waals surface area contributed by atoms with Gasteiger partial charge in [0.2, 0.25) is 0 Å². The number of halogens is 5. The molecule has 2 aliphatic heterocycles. The number of hydrogen-bond acceptors (Lipinski definition) is 8. The summed E-state index contributed by atoms with van der Waals surface area (Å²) in [5.74, 6) is 2.33. The summed E-state index contributed by atoms with van der Waals surface area (Å²) in [5.41, 5.74) is 2.74. The Morgan fingerprint density at radius 2 is 1.55 bits per heavy atom. The van der Waals surface area contributed by atoms with E-state index in [1.165, 1.54) is 42.8 Å². The third-order valence-electron chi connectivity index (χ3n) is 13.8. The van der Waals surface area contributed by atoms with Gasteiger partial charge in [-0.2, -0.15) is 13.2 Å². The van der Waals surface area contributed by atoms with E-state index in [4.69, 9.17) is 9.84 Å². The van der Waals surface area contributed by atoms with Gasteiger partial charge in [-0.25, -0.2) is 0 Å². The number of β-amino-alcohol motifs (C(OH)–C–C–N with tert-alkyl or cyclic N) is 1. The van der Waals surface area contributed by atoms with Crippen LogP contribution in [-0.2, 0) is 20.5 Å². The lowest BCUT2D eigenvalue weighted by atomic mass is 9.48. The van der Waals surface area contributed by atoms with Crippen LogP contribution in [0.1, 0.15) is 84.1 Å². The maximum absolute atomic E-state index is 13.3. The number of ether oxygens (including phenoxy) is 1. The van der Waals surface area contributed by atoms with Gasteiger partial charge in [0.15, 0.2) is 0 Å². The minimum atomic E-state index is -4.35. The molecule has 0 radical (unpaired) electrons. The Balaban J connectivity index is 0.000000211. The molecule has 1 saturated heterocycles. The highest BCUT2D eigenvalue weighted by molar-refractivity contribution is 7.99. The lowest BCUT2D eigenvalue weighted by molar-refractivity contribution is -0.148. The lowest BCUT2D eigenvalue weighted by Crippen LogP contribution is -2.50. The molecule has 310 valence electrons. The van der Waals surface area contributed by atoms with Gasteiger partial charge >= 0.3 is 12.1 Å². The van der Waals surface area contributed by atoms with Crippen molar-refractivity contribution in [2.75, 3.05) is 57.3 Å². The first-order chi connectivity index (χ1) is 25.8. The minimum absolute atomic E-state index is 0. The van der Waals surface area contributed by atoms with Crippen LogP contribution < -0.4 is 4.90 Å². The number of anilines is 2. The van der Waals surface area contributed by atoms with Crippen molar-refractivity contribution in [3.8, 4) is 0 Å². The van der Waals surface area contributed by atoms with E-state index in [9.17, 15) is 22.8 Å². The molecular weight excluding hydrogens is 782 g/mol. The molecule has 0 spiro atoms. The first-order valence-electron chi connectivity index (χ1n) is 20.0. The zero-order valence-corrected chi connectivity index (χ0v) is 35.3. The van der Waals surface area contributed by atoms with Gasteiger partial charge in [-0.05, 0) is 105 Å². The molecule has 7 nitrogen and oxygen atoms in total. The third-order valence-corrected chi connectivity index (χ3v) is 14.9. The number of nitrogens with zero attached hydrogens (tertiary/aromatic N) is 3. The van der Waals surface area contributed by atoms with E-state index in [0.29, 0.717) is 42.3 Å². The number of carbonyl (C=O) groups excluding carboxylic acids is 2. The second-order valence-corrected chi connectivity index (χ2v) is 17.9.